The molecule has 23 heavy (non-hydrogen) atoms. The molecule has 1 aliphatic rings. The minimum Gasteiger partial charge on any atom is -0.790 e. The molecule has 1 aliphatic heterocycles. The Kier molecular flexibility index (Phi) is 9.66. The molecule has 0 radical (unpaired) electrons. The van der Waals surface area contributed by atoms with Gasteiger partial charge in [0.1, 0.15) is 18.3 Å². The third kappa shape index (κ3) is 6.15. The van der Waals surface area contributed by atoms with Crippen LogP contribution in [0.1, 0.15) is 6.23 Å². The van der Waals surface area contributed by atoms with Crippen molar-refractivity contribution in [3.63, 3.8) is 0 Å². The third-order valence-corrected chi connectivity index (χ3v) is 3.32. The number of aliphatic hydroxyl groups excluding tert-OH is 2. The summed E-state index contributed by atoms with van der Waals surface area (Å²) in [5.41, 5.74) is -1.55. The van der Waals surface area contributed by atoms with E-state index in [1.807, 2.05) is 4.98 Å². The Morgan fingerprint density at radius 3 is 2.43 bits per heavy atom. The number of phosphoric acid groups is 1. The van der Waals surface area contributed by atoms with E-state index in [0.29, 0.717) is 0 Å². The van der Waals surface area contributed by atoms with Crippen LogP contribution in [0.4, 0.5) is 0 Å². The molecular formula is C9H11N2Na2O9P. The van der Waals surface area contributed by atoms with Crippen molar-refractivity contribution in [2.75, 3.05) is 6.61 Å². The normalized spacial score (nSPS) is 27.1. The fraction of sp³-hybridized carbons (Fsp3) is 0.556. The van der Waals surface area contributed by atoms with E-state index in [2.05, 4.69) is 4.52 Å². The van der Waals surface area contributed by atoms with E-state index in [4.69, 9.17) is 4.74 Å². The molecule has 1 aromatic rings. The van der Waals surface area contributed by atoms with Crippen molar-refractivity contribution in [3.05, 3.63) is 33.1 Å². The van der Waals surface area contributed by atoms with Crippen LogP contribution in [0.3, 0.4) is 0 Å². The molecule has 0 unspecified atom stereocenters. The molecule has 0 spiro atoms. The molecule has 118 valence electrons. The first-order valence-corrected chi connectivity index (χ1v) is 7.15. The van der Waals surface area contributed by atoms with Gasteiger partial charge < -0.3 is 33.8 Å². The monoisotopic (exact) mass is 368 g/mol. The molecule has 2 heterocycles. The molecule has 11 nitrogen and oxygen atoms in total. The van der Waals surface area contributed by atoms with Crippen LogP contribution in [0.15, 0.2) is 21.9 Å². The third-order valence-electron chi connectivity index (χ3n) is 2.86. The Hall–Kier alpha value is 0.670. The first-order chi connectivity index (χ1) is 9.69. The van der Waals surface area contributed by atoms with Crippen LogP contribution in [0.25, 0.3) is 0 Å². The largest absolute Gasteiger partial charge is 1.00 e. The topological polar surface area (TPSA) is 177 Å². The molecule has 0 aliphatic carbocycles. The van der Waals surface area contributed by atoms with Gasteiger partial charge in [0.25, 0.3) is 5.56 Å². The van der Waals surface area contributed by atoms with E-state index < -0.39 is 50.2 Å². The van der Waals surface area contributed by atoms with Gasteiger partial charge in [0.2, 0.25) is 0 Å². The molecular weight excluding hydrogens is 357 g/mol. The number of nitrogens with zero attached hydrogens (tertiary/aromatic N) is 1. The number of H-pyrrole nitrogens is 1. The van der Waals surface area contributed by atoms with Gasteiger partial charge in [0.15, 0.2) is 6.23 Å². The predicted octanol–water partition coefficient (Wildman–Crippen LogP) is -9.99. The molecule has 0 amide bonds. The zero-order chi connectivity index (χ0) is 15.8. The first-order valence-electron chi connectivity index (χ1n) is 5.69. The maximum Gasteiger partial charge on any atom is 1.00 e. The summed E-state index contributed by atoms with van der Waals surface area (Å²) < 4.78 is 20.3. The van der Waals surface area contributed by atoms with Crippen molar-refractivity contribution >= 4 is 7.82 Å². The summed E-state index contributed by atoms with van der Waals surface area (Å²) in [7, 11) is -5.26. The van der Waals surface area contributed by atoms with Crippen molar-refractivity contribution in [2.24, 2.45) is 0 Å². The Morgan fingerprint density at radius 1 is 1.30 bits per heavy atom. The van der Waals surface area contributed by atoms with Gasteiger partial charge in [0, 0.05) is 12.3 Å². The zero-order valence-electron chi connectivity index (χ0n) is 12.3. The second-order valence-electron chi connectivity index (χ2n) is 4.31. The van der Waals surface area contributed by atoms with E-state index in [9.17, 15) is 34.2 Å². The van der Waals surface area contributed by atoms with Gasteiger partial charge in [-0.15, -0.1) is 0 Å². The average Bonchev–Trinajstić information content (AvgIpc) is 2.64. The molecule has 4 atom stereocenters. The van der Waals surface area contributed by atoms with Gasteiger partial charge in [-0.3, -0.25) is 14.3 Å². The van der Waals surface area contributed by atoms with Crippen LogP contribution in [-0.4, -0.2) is 44.7 Å². The van der Waals surface area contributed by atoms with Crippen LogP contribution >= 0.6 is 7.82 Å². The Labute approximate surface area is 173 Å². The quantitative estimate of drug-likeness (QED) is 0.344. The minimum atomic E-state index is -5.26. The fourth-order valence-corrected chi connectivity index (χ4v) is 2.22. The van der Waals surface area contributed by atoms with E-state index in [1.54, 1.807) is 0 Å². The second-order valence-corrected chi connectivity index (χ2v) is 5.46. The molecule has 0 saturated carbocycles. The zero-order valence-corrected chi connectivity index (χ0v) is 17.2. The maximum absolute atomic E-state index is 11.6. The molecule has 14 heteroatoms. The van der Waals surface area contributed by atoms with Gasteiger partial charge in [-0.1, -0.05) is 0 Å². The SMILES string of the molecule is O=c1ccn([C@@H]2O[C@H](COP(=O)([O-])[O-])[C@H](O)[C@@H]2O)c(=O)[nH]1.[Na+].[Na+]. The standard InChI is InChI=1S/C9H13N2O9P.2Na/c12-5-1-2-11(9(15)10-5)8-7(14)6(13)4(20-8)3-19-21(16,17)18;;/h1-2,4,6-8,13-14H,3H2,(H,10,12,15)(H2,16,17,18);;/q;2*+1/p-2/t4-,6+,7+,8-;;/m1../s1. The summed E-state index contributed by atoms with van der Waals surface area (Å²) in [6.45, 7) is -0.808. The summed E-state index contributed by atoms with van der Waals surface area (Å²) >= 11 is 0. The molecule has 0 aromatic carbocycles. The number of rotatable bonds is 4. The Morgan fingerprint density at radius 2 is 1.91 bits per heavy atom. The molecule has 3 N–H and O–H groups in total. The van der Waals surface area contributed by atoms with E-state index in [1.165, 1.54) is 0 Å². The number of aliphatic hydroxyl groups is 2. The number of phosphoric ester groups is 1. The number of nitrogens with one attached hydrogen (secondary N) is 1. The van der Waals surface area contributed by atoms with Gasteiger partial charge >= 0.3 is 64.8 Å². The van der Waals surface area contributed by atoms with E-state index in [-0.39, 0.29) is 59.1 Å². The Balaban J connectivity index is 0.00000242. The maximum atomic E-state index is 11.6. The van der Waals surface area contributed by atoms with Crippen molar-refractivity contribution in [3.8, 4) is 0 Å². The number of hydrogen-bond acceptors (Lipinski definition) is 9. The van der Waals surface area contributed by atoms with Gasteiger partial charge in [-0.05, 0) is 0 Å². The van der Waals surface area contributed by atoms with Gasteiger partial charge in [-0.2, -0.15) is 0 Å². The molecule has 1 aromatic heterocycles. The van der Waals surface area contributed by atoms with Crippen molar-refractivity contribution < 1.29 is 92.9 Å². The number of aromatic nitrogens is 2. The van der Waals surface area contributed by atoms with E-state index in [0.717, 1.165) is 16.8 Å². The molecule has 1 fully saturated rings. The summed E-state index contributed by atoms with van der Waals surface area (Å²) in [5, 5.41) is 19.5. The number of aromatic amines is 1. The Bertz CT molecular complexity index is 673. The molecule has 0 bridgehead atoms. The summed E-state index contributed by atoms with van der Waals surface area (Å²) in [6, 6.07) is 0.997. The number of hydrogen-bond donors (Lipinski definition) is 3. The van der Waals surface area contributed by atoms with Crippen LogP contribution < -0.4 is 80.2 Å². The molecule has 1 saturated heterocycles. The molecule has 2 rings (SSSR count). The number of ether oxygens (including phenoxy) is 1. The van der Waals surface area contributed by atoms with Crippen LogP contribution in [0, 0.1) is 0 Å². The van der Waals surface area contributed by atoms with Crippen molar-refractivity contribution in [1.29, 1.82) is 0 Å². The van der Waals surface area contributed by atoms with Gasteiger partial charge in [0.05, 0.1) is 14.4 Å². The van der Waals surface area contributed by atoms with Crippen LogP contribution in [0.5, 0.6) is 0 Å². The van der Waals surface area contributed by atoms with E-state index >= 15 is 0 Å². The first kappa shape index (κ1) is 23.7. The second kappa shape index (κ2) is 9.39. The fourth-order valence-electron chi connectivity index (χ4n) is 1.89. The van der Waals surface area contributed by atoms with Crippen molar-refractivity contribution in [2.45, 2.75) is 24.5 Å². The van der Waals surface area contributed by atoms with Gasteiger partial charge in [-0.25, -0.2) is 4.79 Å². The smallest absolute Gasteiger partial charge is 0.790 e. The minimum absolute atomic E-state index is 0. The summed E-state index contributed by atoms with van der Waals surface area (Å²) in [6.07, 6.45) is -4.83. The predicted molar refractivity (Wildman–Crippen MR) is 60.8 cm³/mol. The van der Waals surface area contributed by atoms with Crippen molar-refractivity contribution in [1.82, 2.24) is 9.55 Å². The van der Waals surface area contributed by atoms with Crippen LogP contribution in [-0.2, 0) is 13.8 Å². The average molecular weight is 368 g/mol. The van der Waals surface area contributed by atoms with Crippen LogP contribution in [0.2, 0.25) is 0 Å². The summed E-state index contributed by atoms with van der Waals surface area (Å²) in [4.78, 5) is 45.2. The summed E-state index contributed by atoms with van der Waals surface area (Å²) in [5.74, 6) is 0.